The summed E-state index contributed by atoms with van der Waals surface area (Å²) in [7, 11) is 1.66. The van der Waals surface area contributed by atoms with Crippen LogP contribution >= 0.6 is 0 Å². The Balaban J connectivity index is 1.99. The molecule has 0 atom stereocenters. The van der Waals surface area contributed by atoms with E-state index in [4.69, 9.17) is 4.74 Å². The lowest BCUT2D eigenvalue weighted by Gasteiger charge is -2.35. The number of rotatable bonds is 3. The Bertz CT molecular complexity index is 404. The number of aliphatic hydroxyl groups is 1. The standard InChI is InChI=1S/C12H17N3O3/c1-15(9-12(17)2-6-18-7-3-12)11(16)10-8-13-4-5-14-10/h4-5,8,17H,2-3,6-7,9H2,1H3. The first-order chi connectivity index (χ1) is 8.61. The molecular formula is C12H17N3O3. The van der Waals surface area contributed by atoms with Crippen LogP contribution in [-0.4, -0.2) is 58.3 Å². The fourth-order valence-electron chi connectivity index (χ4n) is 2.03. The first-order valence-electron chi connectivity index (χ1n) is 5.92. The summed E-state index contributed by atoms with van der Waals surface area (Å²) in [6, 6.07) is 0. The number of carbonyl (C=O) groups is 1. The number of hydrogen-bond donors (Lipinski definition) is 1. The number of ether oxygens (including phenoxy) is 1. The maximum Gasteiger partial charge on any atom is 0.273 e. The molecule has 1 aliphatic heterocycles. The molecule has 1 aromatic rings. The smallest absolute Gasteiger partial charge is 0.273 e. The van der Waals surface area contributed by atoms with Gasteiger partial charge in [0.25, 0.3) is 5.91 Å². The van der Waals surface area contributed by atoms with Crippen LogP contribution < -0.4 is 0 Å². The molecule has 2 rings (SSSR count). The van der Waals surface area contributed by atoms with E-state index in [-0.39, 0.29) is 18.1 Å². The van der Waals surface area contributed by atoms with E-state index >= 15 is 0 Å². The van der Waals surface area contributed by atoms with Gasteiger partial charge in [-0.05, 0) is 0 Å². The van der Waals surface area contributed by atoms with Gasteiger partial charge in [0.15, 0.2) is 0 Å². The summed E-state index contributed by atoms with van der Waals surface area (Å²) in [5.74, 6) is -0.233. The molecule has 0 aromatic carbocycles. The van der Waals surface area contributed by atoms with Gasteiger partial charge in [-0.1, -0.05) is 0 Å². The predicted octanol–water partition coefficient (Wildman–Crippen LogP) is 0.0901. The fourth-order valence-corrected chi connectivity index (χ4v) is 2.03. The van der Waals surface area contributed by atoms with Crippen molar-refractivity contribution in [1.82, 2.24) is 14.9 Å². The number of carbonyl (C=O) groups excluding carboxylic acids is 1. The molecule has 1 aliphatic rings. The number of aromatic nitrogens is 2. The molecule has 0 radical (unpaired) electrons. The van der Waals surface area contributed by atoms with Crippen molar-refractivity contribution in [3.8, 4) is 0 Å². The Morgan fingerprint density at radius 3 is 2.83 bits per heavy atom. The minimum atomic E-state index is -0.856. The molecule has 0 spiro atoms. The summed E-state index contributed by atoms with van der Waals surface area (Å²) >= 11 is 0. The van der Waals surface area contributed by atoms with E-state index in [0.29, 0.717) is 26.1 Å². The number of hydrogen-bond acceptors (Lipinski definition) is 5. The van der Waals surface area contributed by atoms with Crippen molar-refractivity contribution < 1.29 is 14.6 Å². The SMILES string of the molecule is CN(CC1(O)CCOCC1)C(=O)c1cnccn1. The van der Waals surface area contributed by atoms with E-state index in [1.165, 1.54) is 23.5 Å². The fraction of sp³-hybridized carbons (Fsp3) is 0.583. The summed E-state index contributed by atoms with van der Waals surface area (Å²) in [5.41, 5.74) is -0.569. The molecule has 98 valence electrons. The molecule has 1 saturated heterocycles. The van der Waals surface area contributed by atoms with Crippen molar-refractivity contribution in [3.63, 3.8) is 0 Å². The van der Waals surface area contributed by atoms with Gasteiger partial charge >= 0.3 is 0 Å². The van der Waals surface area contributed by atoms with Crippen LogP contribution in [0.5, 0.6) is 0 Å². The summed E-state index contributed by atoms with van der Waals surface area (Å²) < 4.78 is 5.21. The Hall–Kier alpha value is -1.53. The molecule has 0 aliphatic carbocycles. The zero-order valence-corrected chi connectivity index (χ0v) is 10.4. The van der Waals surface area contributed by atoms with Crippen molar-refractivity contribution in [2.45, 2.75) is 18.4 Å². The van der Waals surface area contributed by atoms with Crippen LogP contribution in [0.1, 0.15) is 23.3 Å². The van der Waals surface area contributed by atoms with Gasteiger partial charge < -0.3 is 14.7 Å². The topological polar surface area (TPSA) is 75.6 Å². The molecule has 1 amide bonds. The molecule has 1 N–H and O–H groups in total. The van der Waals surface area contributed by atoms with E-state index in [1.807, 2.05) is 0 Å². The second-order valence-electron chi connectivity index (χ2n) is 4.59. The van der Waals surface area contributed by atoms with Crippen LogP contribution in [0.25, 0.3) is 0 Å². The first-order valence-corrected chi connectivity index (χ1v) is 5.92. The molecule has 2 heterocycles. The van der Waals surface area contributed by atoms with Crippen LogP contribution in [0.3, 0.4) is 0 Å². The summed E-state index contributed by atoms with van der Waals surface area (Å²) in [6.45, 7) is 1.35. The minimum Gasteiger partial charge on any atom is -0.388 e. The monoisotopic (exact) mass is 251 g/mol. The Labute approximate surface area is 106 Å². The molecule has 1 fully saturated rings. The largest absolute Gasteiger partial charge is 0.388 e. The summed E-state index contributed by atoms with van der Waals surface area (Å²) in [4.78, 5) is 21.3. The van der Waals surface area contributed by atoms with E-state index in [1.54, 1.807) is 7.05 Å². The van der Waals surface area contributed by atoms with Crippen molar-refractivity contribution in [3.05, 3.63) is 24.3 Å². The molecule has 1 aromatic heterocycles. The highest BCUT2D eigenvalue weighted by Gasteiger charge is 2.32. The van der Waals surface area contributed by atoms with Crippen LogP contribution in [0.2, 0.25) is 0 Å². The van der Waals surface area contributed by atoms with E-state index in [0.717, 1.165) is 0 Å². The van der Waals surface area contributed by atoms with Gasteiger partial charge in [0.2, 0.25) is 0 Å². The first kappa shape index (κ1) is 12.9. The maximum absolute atomic E-state index is 12.0. The van der Waals surface area contributed by atoms with Crippen LogP contribution in [-0.2, 0) is 4.74 Å². The van der Waals surface area contributed by atoms with Gasteiger partial charge in [0, 0.05) is 52.0 Å². The predicted molar refractivity (Wildman–Crippen MR) is 64.0 cm³/mol. The number of nitrogens with zero attached hydrogens (tertiary/aromatic N) is 3. The highest BCUT2D eigenvalue weighted by molar-refractivity contribution is 5.91. The second-order valence-corrected chi connectivity index (χ2v) is 4.59. The highest BCUT2D eigenvalue weighted by atomic mass is 16.5. The summed E-state index contributed by atoms with van der Waals surface area (Å²) in [5, 5.41) is 10.3. The Morgan fingerprint density at radius 2 is 2.22 bits per heavy atom. The van der Waals surface area contributed by atoms with Crippen LogP contribution in [0.15, 0.2) is 18.6 Å². The van der Waals surface area contributed by atoms with Crippen molar-refractivity contribution in [2.24, 2.45) is 0 Å². The van der Waals surface area contributed by atoms with Gasteiger partial charge in [-0.15, -0.1) is 0 Å². The molecule has 6 nitrogen and oxygen atoms in total. The number of amides is 1. The Morgan fingerprint density at radius 1 is 1.50 bits per heavy atom. The van der Waals surface area contributed by atoms with Crippen molar-refractivity contribution in [1.29, 1.82) is 0 Å². The van der Waals surface area contributed by atoms with Gasteiger partial charge in [-0.3, -0.25) is 9.78 Å². The third-order valence-corrected chi connectivity index (χ3v) is 3.08. The zero-order valence-electron chi connectivity index (χ0n) is 10.4. The van der Waals surface area contributed by atoms with Crippen LogP contribution in [0.4, 0.5) is 0 Å². The number of likely N-dealkylation sites (N-methyl/N-ethyl adjacent to an activating group) is 1. The second kappa shape index (κ2) is 5.41. The van der Waals surface area contributed by atoms with Crippen molar-refractivity contribution in [2.75, 3.05) is 26.8 Å². The normalized spacial score (nSPS) is 18.3. The zero-order chi connectivity index (χ0) is 13.0. The summed E-state index contributed by atoms with van der Waals surface area (Å²) in [6.07, 6.45) is 5.51. The quantitative estimate of drug-likeness (QED) is 0.824. The van der Waals surface area contributed by atoms with Gasteiger partial charge in [-0.2, -0.15) is 0 Å². The third kappa shape index (κ3) is 3.02. The van der Waals surface area contributed by atoms with E-state index in [2.05, 4.69) is 9.97 Å². The van der Waals surface area contributed by atoms with Gasteiger partial charge in [-0.25, -0.2) is 4.98 Å². The minimum absolute atomic E-state index is 0.233. The van der Waals surface area contributed by atoms with Crippen LogP contribution in [0, 0.1) is 0 Å². The van der Waals surface area contributed by atoms with E-state index < -0.39 is 5.60 Å². The molecule has 18 heavy (non-hydrogen) atoms. The molecule has 0 unspecified atom stereocenters. The maximum atomic E-state index is 12.0. The average molecular weight is 251 g/mol. The molecule has 0 saturated carbocycles. The lowest BCUT2D eigenvalue weighted by Crippen LogP contribution is -2.47. The molecule has 0 bridgehead atoms. The van der Waals surface area contributed by atoms with E-state index in [9.17, 15) is 9.90 Å². The highest BCUT2D eigenvalue weighted by Crippen LogP contribution is 2.21. The molecule has 6 heteroatoms. The average Bonchev–Trinajstić information content (AvgIpc) is 2.39. The molecular weight excluding hydrogens is 234 g/mol. The lowest BCUT2D eigenvalue weighted by molar-refractivity contribution is -0.0734. The van der Waals surface area contributed by atoms with Crippen molar-refractivity contribution >= 4 is 5.91 Å². The van der Waals surface area contributed by atoms with Gasteiger partial charge in [0.05, 0.1) is 11.8 Å². The van der Waals surface area contributed by atoms with Gasteiger partial charge in [0.1, 0.15) is 5.69 Å². The third-order valence-electron chi connectivity index (χ3n) is 3.08. The Kier molecular flexibility index (Phi) is 3.88. The lowest BCUT2D eigenvalue weighted by atomic mass is 9.94.